The first kappa shape index (κ1) is 26.1. The molecule has 1 aliphatic carbocycles. The van der Waals surface area contributed by atoms with Gasteiger partial charge in [0.05, 0.1) is 17.0 Å². The second-order valence-corrected chi connectivity index (χ2v) is 11.4. The molecule has 7 nitrogen and oxygen atoms in total. The van der Waals surface area contributed by atoms with E-state index in [-0.39, 0.29) is 10.8 Å². The predicted octanol–water partition coefficient (Wildman–Crippen LogP) is 6.89. The summed E-state index contributed by atoms with van der Waals surface area (Å²) in [5, 5.41) is 12.5. The summed E-state index contributed by atoms with van der Waals surface area (Å²) in [4.78, 5) is 40.7. The van der Waals surface area contributed by atoms with Crippen LogP contribution in [0.2, 0.25) is 5.02 Å². The van der Waals surface area contributed by atoms with Crippen molar-refractivity contribution in [1.29, 1.82) is 0 Å². The Morgan fingerprint density at radius 2 is 1.78 bits per heavy atom. The van der Waals surface area contributed by atoms with E-state index in [1.807, 2.05) is 12.1 Å². The third kappa shape index (κ3) is 5.12. The van der Waals surface area contributed by atoms with Gasteiger partial charge < -0.3 is 4.74 Å². The second kappa shape index (κ2) is 10.2. The average molecular weight is 513 g/mol. The number of hydrogen-bond acceptors (Lipinski definition) is 5. The predicted molar refractivity (Wildman–Crippen MR) is 139 cm³/mol. The SMILES string of the molecule is CC(C)(C)OC(=O)N1C(=O)[C@](CC2CCCCC2)([C@@H](C[N+](=O)[O-])c2ccc(Cl)cc2)c2ccccc21. The highest BCUT2D eigenvalue weighted by Crippen LogP contribution is 2.55. The number of rotatable bonds is 6. The molecule has 2 amide bonds. The molecule has 0 spiro atoms. The van der Waals surface area contributed by atoms with E-state index in [9.17, 15) is 19.7 Å². The number of halogens is 1. The fraction of sp³-hybridized carbons (Fsp3) is 0.500. The first-order valence-corrected chi connectivity index (χ1v) is 12.9. The number of hydrogen-bond donors (Lipinski definition) is 0. The summed E-state index contributed by atoms with van der Waals surface area (Å²) in [6.07, 6.45) is 4.85. The molecule has 0 aromatic heterocycles. The minimum absolute atomic E-state index is 0.218. The van der Waals surface area contributed by atoms with Gasteiger partial charge >= 0.3 is 6.09 Å². The Morgan fingerprint density at radius 1 is 1.14 bits per heavy atom. The summed E-state index contributed by atoms with van der Waals surface area (Å²) < 4.78 is 5.63. The molecular weight excluding hydrogens is 480 g/mol. The van der Waals surface area contributed by atoms with Crippen LogP contribution in [0.5, 0.6) is 0 Å². The van der Waals surface area contributed by atoms with Gasteiger partial charge in [-0.05, 0) is 62.4 Å². The van der Waals surface area contributed by atoms with Crippen LogP contribution >= 0.6 is 11.6 Å². The molecule has 1 fully saturated rings. The minimum atomic E-state index is -1.28. The zero-order valence-electron chi connectivity index (χ0n) is 21.0. The Kier molecular flexibility index (Phi) is 7.41. The van der Waals surface area contributed by atoms with Crippen LogP contribution in [0, 0.1) is 16.0 Å². The van der Waals surface area contributed by atoms with E-state index in [0.29, 0.717) is 28.3 Å². The maximum Gasteiger partial charge on any atom is 0.421 e. The van der Waals surface area contributed by atoms with E-state index in [2.05, 4.69) is 0 Å². The average Bonchev–Trinajstić information content (AvgIpc) is 3.06. The Bertz CT molecular complexity index is 1140. The zero-order valence-corrected chi connectivity index (χ0v) is 21.8. The number of benzene rings is 2. The van der Waals surface area contributed by atoms with Gasteiger partial charge in [-0.15, -0.1) is 0 Å². The molecule has 192 valence electrons. The molecule has 0 radical (unpaired) electrons. The van der Waals surface area contributed by atoms with Crippen molar-refractivity contribution in [1.82, 2.24) is 0 Å². The molecule has 2 aliphatic rings. The molecule has 0 bridgehead atoms. The highest BCUT2D eigenvalue weighted by atomic mass is 35.5. The molecule has 2 atom stereocenters. The molecule has 1 heterocycles. The topological polar surface area (TPSA) is 89.8 Å². The van der Waals surface area contributed by atoms with Crippen molar-refractivity contribution in [3.63, 3.8) is 0 Å². The van der Waals surface area contributed by atoms with E-state index >= 15 is 0 Å². The standard InChI is InChI=1S/C28H33ClN2O5/c1-27(2,3)36-26(33)31-24-12-8-7-11-22(24)28(25(31)32,17-19-9-5-4-6-10-19)23(18-30(34)35)20-13-15-21(29)16-14-20/h7-8,11-16,19,23H,4-6,9-10,17-18H2,1-3H3/t23-,28-/m0/s1. The van der Waals surface area contributed by atoms with Gasteiger partial charge in [-0.25, -0.2) is 9.69 Å². The van der Waals surface area contributed by atoms with Gasteiger partial charge in [0.15, 0.2) is 0 Å². The highest BCUT2D eigenvalue weighted by Gasteiger charge is 2.60. The maximum atomic E-state index is 14.5. The lowest BCUT2D eigenvalue weighted by atomic mass is 9.62. The number of ether oxygens (including phenoxy) is 1. The number of amides is 2. The molecule has 1 aliphatic heterocycles. The smallest absolute Gasteiger partial charge is 0.421 e. The van der Waals surface area contributed by atoms with E-state index in [1.165, 1.54) is 0 Å². The Balaban J connectivity index is 1.92. The van der Waals surface area contributed by atoms with Crippen LogP contribution in [0.3, 0.4) is 0 Å². The number of para-hydroxylation sites is 1. The van der Waals surface area contributed by atoms with Crippen LogP contribution in [0.4, 0.5) is 10.5 Å². The number of nitro groups is 1. The Hall–Kier alpha value is -2.93. The van der Waals surface area contributed by atoms with Crippen molar-refractivity contribution in [2.75, 3.05) is 11.4 Å². The number of nitrogens with zero attached hydrogens (tertiary/aromatic N) is 2. The molecule has 4 rings (SSSR count). The van der Waals surface area contributed by atoms with Gasteiger partial charge in [0.2, 0.25) is 12.5 Å². The van der Waals surface area contributed by atoms with Crippen LogP contribution in [0.1, 0.15) is 76.3 Å². The summed E-state index contributed by atoms with van der Waals surface area (Å²) in [5.74, 6) is -1.02. The van der Waals surface area contributed by atoms with Crippen LogP contribution in [0.15, 0.2) is 48.5 Å². The van der Waals surface area contributed by atoms with Gasteiger partial charge in [-0.3, -0.25) is 14.9 Å². The normalized spacial score (nSPS) is 21.2. The van der Waals surface area contributed by atoms with Crippen molar-refractivity contribution < 1.29 is 19.2 Å². The van der Waals surface area contributed by atoms with E-state index < -0.39 is 35.5 Å². The second-order valence-electron chi connectivity index (χ2n) is 10.9. The van der Waals surface area contributed by atoms with Crippen LogP contribution in [-0.4, -0.2) is 29.1 Å². The van der Waals surface area contributed by atoms with Crippen molar-refractivity contribution in [3.05, 3.63) is 74.8 Å². The largest absolute Gasteiger partial charge is 0.443 e. The zero-order chi connectivity index (χ0) is 26.1. The van der Waals surface area contributed by atoms with Crippen molar-refractivity contribution in [2.24, 2.45) is 5.92 Å². The van der Waals surface area contributed by atoms with Crippen molar-refractivity contribution >= 4 is 29.3 Å². The first-order valence-electron chi connectivity index (χ1n) is 12.6. The number of anilines is 1. The van der Waals surface area contributed by atoms with E-state index in [1.54, 1.807) is 57.2 Å². The Morgan fingerprint density at radius 3 is 2.39 bits per heavy atom. The fourth-order valence-corrected chi connectivity index (χ4v) is 6.00. The monoisotopic (exact) mass is 512 g/mol. The Labute approximate surface area is 216 Å². The van der Waals surface area contributed by atoms with Gasteiger partial charge in [0.1, 0.15) is 5.60 Å². The van der Waals surface area contributed by atoms with E-state index in [0.717, 1.165) is 37.0 Å². The van der Waals surface area contributed by atoms with Gasteiger partial charge in [-0.2, -0.15) is 0 Å². The van der Waals surface area contributed by atoms with Crippen LogP contribution < -0.4 is 4.90 Å². The van der Waals surface area contributed by atoms with Gasteiger partial charge in [-0.1, -0.05) is 74.0 Å². The van der Waals surface area contributed by atoms with Crippen molar-refractivity contribution in [2.45, 2.75) is 76.2 Å². The number of carbonyl (C=O) groups excluding carboxylic acids is 2. The van der Waals surface area contributed by atoms with Gasteiger partial charge in [0, 0.05) is 9.95 Å². The molecule has 36 heavy (non-hydrogen) atoms. The molecule has 0 saturated heterocycles. The molecule has 1 saturated carbocycles. The minimum Gasteiger partial charge on any atom is -0.443 e. The third-order valence-corrected chi connectivity index (χ3v) is 7.57. The lowest BCUT2D eigenvalue weighted by Crippen LogP contribution is -2.50. The summed E-state index contributed by atoms with van der Waals surface area (Å²) in [7, 11) is 0. The summed E-state index contributed by atoms with van der Waals surface area (Å²) >= 11 is 6.14. The molecule has 2 aromatic carbocycles. The van der Waals surface area contributed by atoms with Crippen molar-refractivity contribution in [3.8, 4) is 0 Å². The lowest BCUT2D eigenvalue weighted by molar-refractivity contribution is -0.485. The van der Waals surface area contributed by atoms with E-state index in [4.69, 9.17) is 16.3 Å². The highest BCUT2D eigenvalue weighted by molar-refractivity contribution is 6.30. The molecule has 0 unspecified atom stereocenters. The quantitative estimate of drug-likeness (QED) is 0.310. The van der Waals surface area contributed by atoms with Gasteiger partial charge in [0.25, 0.3) is 0 Å². The molecule has 8 heteroatoms. The molecule has 0 N–H and O–H groups in total. The number of carbonyl (C=O) groups is 2. The van der Waals surface area contributed by atoms with Crippen LogP contribution in [-0.2, 0) is 14.9 Å². The molecule has 2 aromatic rings. The molecular formula is C28H33ClN2O5. The fourth-order valence-electron chi connectivity index (χ4n) is 5.87. The lowest BCUT2D eigenvalue weighted by Gasteiger charge is -2.38. The first-order chi connectivity index (χ1) is 17.0. The number of imide groups is 1. The summed E-state index contributed by atoms with van der Waals surface area (Å²) in [6, 6.07) is 14.0. The number of fused-ring (bicyclic) bond motifs is 1. The summed E-state index contributed by atoms with van der Waals surface area (Å²) in [6.45, 7) is 4.79. The maximum absolute atomic E-state index is 14.5. The third-order valence-electron chi connectivity index (χ3n) is 7.32. The summed E-state index contributed by atoms with van der Waals surface area (Å²) in [5.41, 5.74) is -0.350. The van der Waals surface area contributed by atoms with Crippen LogP contribution in [0.25, 0.3) is 0 Å².